The molecule has 0 spiro atoms. The number of sulfonamides is 1. The first-order chi connectivity index (χ1) is 7.86. The number of aliphatic hydroxyl groups is 1. The Kier molecular flexibility index (Phi) is 5.12. The van der Waals surface area contributed by atoms with E-state index in [4.69, 9.17) is 0 Å². The molecule has 1 heterocycles. The lowest BCUT2D eigenvalue weighted by atomic mass is 10.2. The van der Waals surface area contributed by atoms with Crippen molar-refractivity contribution >= 4 is 21.4 Å². The number of hydrogen-bond donors (Lipinski definition) is 2. The summed E-state index contributed by atoms with van der Waals surface area (Å²) >= 11 is 1.25. The van der Waals surface area contributed by atoms with Crippen LogP contribution in [0.5, 0.6) is 0 Å². The Hall–Kier alpha value is -0.430. The fraction of sp³-hybridized carbons (Fsp3) is 0.636. The normalized spacial score (nSPS) is 13.9. The zero-order valence-corrected chi connectivity index (χ0v) is 12.0. The number of nitrogens with one attached hydrogen (secondary N) is 1. The largest absolute Gasteiger partial charge is 0.392 e. The van der Waals surface area contributed by atoms with Gasteiger partial charge >= 0.3 is 0 Å². The predicted molar refractivity (Wildman–Crippen MR) is 69.9 cm³/mol. The molecule has 0 amide bonds. The van der Waals surface area contributed by atoms with Crippen LogP contribution in [-0.2, 0) is 10.0 Å². The third-order valence-corrected chi connectivity index (χ3v) is 5.59. The molecule has 2 N–H and O–H groups in total. The fourth-order valence-corrected chi connectivity index (χ4v) is 4.02. The molecule has 1 rings (SSSR count). The van der Waals surface area contributed by atoms with E-state index in [-0.39, 0.29) is 6.54 Å². The van der Waals surface area contributed by atoms with Crippen LogP contribution in [0.15, 0.2) is 10.3 Å². The van der Waals surface area contributed by atoms with Crippen molar-refractivity contribution in [3.05, 3.63) is 16.5 Å². The highest BCUT2D eigenvalue weighted by Crippen LogP contribution is 2.24. The van der Waals surface area contributed by atoms with Gasteiger partial charge in [-0.25, -0.2) is 13.1 Å². The summed E-state index contributed by atoms with van der Waals surface area (Å²) in [5.74, 6) is 0. The zero-order valence-electron chi connectivity index (χ0n) is 10.4. The molecule has 0 aliphatic heterocycles. The van der Waals surface area contributed by atoms with E-state index in [1.807, 2.05) is 20.8 Å². The van der Waals surface area contributed by atoms with Gasteiger partial charge in [-0.3, -0.25) is 0 Å². The number of aliphatic hydroxyl groups excluding tert-OH is 1. The molecule has 4 nitrogen and oxygen atoms in total. The van der Waals surface area contributed by atoms with Crippen molar-refractivity contribution in [2.45, 2.75) is 43.9 Å². The molecule has 1 aromatic heterocycles. The van der Waals surface area contributed by atoms with Gasteiger partial charge < -0.3 is 5.11 Å². The van der Waals surface area contributed by atoms with Crippen molar-refractivity contribution in [2.24, 2.45) is 0 Å². The maximum absolute atomic E-state index is 11.9. The molecule has 98 valence electrons. The predicted octanol–water partition coefficient (Wildman–Crippen LogP) is 1.80. The molecule has 1 atom stereocenters. The highest BCUT2D eigenvalue weighted by Gasteiger charge is 2.18. The summed E-state index contributed by atoms with van der Waals surface area (Å²) in [6, 6.07) is 1.66. The van der Waals surface area contributed by atoms with Gasteiger partial charge in [-0.05, 0) is 31.9 Å². The number of thiophene rings is 1. The maximum atomic E-state index is 11.9. The molecule has 0 saturated heterocycles. The smallest absolute Gasteiger partial charge is 0.250 e. The van der Waals surface area contributed by atoms with Gasteiger partial charge in [0.1, 0.15) is 4.21 Å². The molecular weight excluding hydrogens is 258 g/mol. The third kappa shape index (κ3) is 4.06. The van der Waals surface area contributed by atoms with E-state index in [2.05, 4.69) is 4.72 Å². The summed E-state index contributed by atoms with van der Waals surface area (Å²) in [5.41, 5.74) is 0.976. The summed E-state index contributed by atoms with van der Waals surface area (Å²) in [6.45, 7) is 5.80. The SMILES string of the molecule is CCCC(O)CNS(=O)(=O)c1cc(C)c(C)s1. The average Bonchev–Trinajstić information content (AvgIpc) is 2.58. The molecule has 6 heteroatoms. The molecule has 0 aliphatic rings. The number of rotatable bonds is 6. The zero-order chi connectivity index (χ0) is 13.1. The van der Waals surface area contributed by atoms with Crippen LogP contribution < -0.4 is 4.72 Å². The summed E-state index contributed by atoms with van der Waals surface area (Å²) in [4.78, 5) is 1.000. The first-order valence-electron chi connectivity index (χ1n) is 5.61. The fourth-order valence-electron chi connectivity index (χ4n) is 1.38. The second-order valence-corrected chi connectivity index (χ2v) is 7.35. The molecular formula is C11H19NO3S2. The van der Waals surface area contributed by atoms with Gasteiger partial charge in [-0.2, -0.15) is 0 Å². The lowest BCUT2D eigenvalue weighted by Gasteiger charge is -2.10. The Labute approximate surface area is 107 Å². The Morgan fingerprint density at radius 1 is 1.47 bits per heavy atom. The molecule has 0 bridgehead atoms. The van der Waals surface area contributed by atoms with Crippen LogP contribution in [-0.4, -0.2) is 26.2 Å². The van der Waals surface area contributed by atoms with Gasteiger partial charge in [0.05, 0.1) is 6.10 Å². The highest BCUT2D eigenvalue weighted by atomic mass is 32.2. The second kappa shape index (κ2) is 5.95. The number of hydrogen-bond acceptors (Lipinski definition) is 4. The lowest BCUT2D eigenvalue weighted by Crippen LogP contribution is -2.31. The summed E-state index contributed by atoms with van der Waals surface area (Å²) in [7, 11) is -3.47. The monoisotopic (exact) mass is 277 g/mol. The first-order valence-corrected chi connectivity index (χ1v) is 7.91. The minimum atomic E-state index is -3.47. The highest BCUT2D eigenvalue weighted by molar-refractivity contribution is 7.91. The molecule has 0 fully saturated rings. The van der Waals surface area contributed by atoms with Crippen molar-refractivity contribution in [2.75, 3.05) is 6.54 Å². The van der Waals surface area contributed by atoms with E-state index in [1.165, 1.54) is 11.3 Å². The topological polar surface area (TPSA) is 66.4 Å². The van der Waals surface area contributed by atoms with Crippen LogP contribution >= 0.6 is 11.3 Å². The number of aryl methyl sites for hydroxylation is 2. The van der Waals surface area contributed by atoms with E-state index in [1.54, 1.807) is 6.07 Å². The van der Waals surface area contributed by atoms with Crippen molar-refractivity contribution in [3.63, 3.8) is 0 Å². The maximum Gasteiger partial charge on any atom is 0.250 e. The lowest BCUT2D eigenvalue weighted by molar-refractivity contribution is 0.167. The van der Waals surface area contributed by atoms with E-state index < -0.39 is 16.1 Å². The minimum absolute atomic E-state index is 0.0756. The molecule has 0 radical (unpaired) electrons. The molecule has 17 heavy (non-hydrogen) atoms. The Bertz CT molecular complexity index is 446. The van der Waals surface area contributed by atoms with Crippen LogP contribution in [0.1, 0.15) is 30.2 Å². The molecule has 1 unspecified atom stereocenters. The van der Waals surface area contributed by atoms with E-state index in [0.29, 0.717) is 10.6 Å². The van der Waals surface area contributed by atoms with Crippen molar-refractivity contribution in [3.8, 4) is 0 Å². The third-order valence-electron chi connectivity index (χ3n) is 2.54. The molecule has 0 saturated carbocycles. The molecule has 1 aromatic rings. The van der Waals surface area contributed by atoms with Crippen LogP contribution in [0.2, 0.25) is 0 Å². The Morgan fingerprint density at radius 2 is 2.12 bits per heavy atom. The molecule has 0 aliphatic carbocycles. The van der Waals surface area contributed by atoms with E-state index in [9.17, 15) is 13.5 Å². The summed E-state index contributed by atoms with van der Waals surface area (Å²) in [6.07, 6.45) is 0.822. The minimum Gasteiger partial charge on any atom is -0.392 e. The van der Waals surface area contributed by atoms with Crippen LogP contribution in [0.3, 0.4) is 0 Å². The standard InChI is InChI=1S/C11H19NO3S2/c1-4-5-10(13)7-12-17(14,15)11-6-8(2)9(3)16-11/h6,10,12-13H,4-5,7H2,1-3H3. The van der Waals surface area contributed by atoms with E-state index >= 15 is 0 Å². The Balaban J connectivity index is 2.69. The molecule has 0 aromatic carbocycles. The quantitative estimate of drug-likeness (QED) is 0.833. The van der Waals surface area contributed by atoms with Gasteiger partial charge in [0, 0.05) is 11.4 Å². The average molecular weight is 277 g/mol. The summed E-state index contributed by atoms with van der Waals surface area (Å²) in [5, 5.41) is 9.50. The van der Waals surface area contributed by atoms with Crippen LogP contribution in [0, 0.1) is 13.8 Å². The summed E-state index contributed by atoms with van der Waals surface area (Å²) < 4.78 is 26.5. The van der Waals surface area contributed by atoms with Gasteiger partial charge in [-0.1, -0.05) is 13.3 Å². The second-order valence-electron chi connectivity index (χ2n) is 4.10. The van der Waals surface area contributed by atoms with Gasteiger partial charge in [-0.15, -0.1) is 11.3 Å². The van der Waals surface area contributed by atoms with Crippen molar-refractivity contribution < 1.29 is 13.5 Å². The van der Waals surface area contributed by atoms with Crippen LogP contribution in [0.4, 0.5) is 0 Å². The van der Waals surface area contributed by atoms with Gasteiger partial charge in [0.2, 0.25) is 10.0 Å². The van der Waals surface area contributed by atoms with Gasteiger partial charge in [0.25, 0.3) is 0 Å². The van der Waals surface area contributed by atoms with Crippen LogP contribution in [0.25, 0.3) is 0 Å². The van der Waals surface area contributed by atoms with Crippen molar-refractivity contribution in [1.29, 1.82) is 0 Å². The van der Waals surface area contributed by atoms with Crippen molar-refractivity contribution in [1.82, 2.24) is 4.72 Å². The first kappa shape index (κ1) is 14.6. The van der Waals surface area contributed by atoms with Gasteiger partial charge in [0.15, 0.2) is 0 Å². The Morgan fingerprint density at radius 3 is 2.59 bits per heavy atom. The van der Waals surface area contributed by atoms with E-state index in [0.717, 1.165) is 16.9 Å².